The average Bonchev–Trinajstić information content (AvgIpc) is 2.94. The Morgan fingerprint density at radius 2 is 2.10 bits per heavy atom. The zero-order valence-corrected chi connectivity index (χ0v) is 11.9. The molecule has 3 rings (SSSR count). The molecule has 104 valence electrons. The fraction of sp³-hybridized carbons (Fsp3) is 0.353. The number of nitrogens with zero attached hydrogens (tertiary/aromatic N) is 1. The Balaban J connectivity index is 1.80. The van der Waals surface area contributed by atoms with Crippen LogP contribution in [0.5, 0.6) is 11.6 Å². The zero-order chi connectivity index (χ0) is 13.8. The van der Waals surface area contributed by atoms with Gasteiger partial charge >= 0.3 is 0 Å². The number of hydrogen-bond donors (Lipinski definition) is 1. The number of aryl methyl sites for hydroxylation is 2. The van der Waals surface area contributed by atoms with Crippen molar-refractivity contribution < 1.29 is 4.74 Å². The lowest BCUT2D eigenvalue weighted by molar-refractivity contribution is 0.453. The minimum absolute atomic E-state index is 0.700. The second-order valence-electron chi connectivity index (χ2n) is 5.13. The van der Waals surface area contributed by atoms with Crippen molar-refractivity contribution in [1.82, 2.24) is 10.3 Å². The fourth-order valence-corrected chi connectivity index (χ4v) is 2.63. The molecule has 0 amide bonds. The van der Waals surface area contributed by atoms with Crippen molar-refractivity contribution >= 4 is 0 Å². The number of hydrogen-bond acceptors (Lipinski definition) is 3. The molecule has 3 nitrogen and oxygen atoms in total. The number of pyridine rings is 1. The summed E-state index contributed by atoms with van der Waals surface area (Å²) in [7, 11) is 0. The highest BCUT2D eigenvalue weighted by Crippen LogP contribution is 2.29. The van der Waals surface area contributed by atoms with E-state index in [0.717, 1.165) is 24.4 Å². The second kappa shape index (κ2) is 6.06. The Kier molecular flexibility index (Phi) is 3.97. The average molecular weight is 268 g/mol. The van der Waals surface area contributed by atoms with Gasteiger partial charge in [-0.15, -0.1) is 0 Å². The van der Waals surface area contributed by atoms with E-state index in [9.17, 15) is 0 Å². The van der Waals surface area contributed by atoms with Crippen molar-refractivity contribution in [2.24, 2.45) is 0 Å². The highest BCUT2D eigenvalue weighted by Gasteiger charge is 2.12. The Morgan fingerprint density at radius 1 is 1.20 bits per heavy atom. The van der Waals surface area contributed by atoms with Gasteiger partial charge in [0, 0.05) is 18.3 Å². The standard InChI is InChI=1S/C17H20N2O/c1-2-18-12-15-7-4-10-19-17(15)20-16-9-8-13-5-3-6-14(13)11-16/h4,7-11,18H,2-3,5-6,12H2,1H3. The molecule has 1 aliphatic carbocycles. The van der Waals surface area contributed by atoms with Crippen LogP contribution in [0.4, 0.5) is 0 Å². The van der Waals surface area contributed by atoms with Crippen LogP contribution < -0.4 is 10.1 Å². The lowest BCUT2D eigenvalue weighted by Crippen LogP contribution is -2.12. The molecule has 0 unspecified atom stereocenters. The first-order chi connectivity index (χ1) is 9.86. The third kappa shape index (κ3) is 2.83. The second-order valence-corrected chi connectivity index (χ2v) is 5.13. The van der Waals surface area contributed by atoms with Crippen LogP contribution in [0.15, 0.2) is 36.5 Å². The number of ether oxygens (including phenoxy) is 1. The smallest absolute Gasteiger partial charge is 0.223 e. The molecule has 1 aromatic carbocycles. The van der Waals surface area contributed by atoms with E-state index in [1.807, 2.05) is 6.07 Å². The first-order valence-electron chi connectivity index (χ1n) is 7.31. The van der Waals surface area contributed by atoms with Crippen molar-refractivity contribution in [3.05, 3.63) is 53.2 Å². The van der Waals surface area contributed by atoms with Gasteiger partial charge in [0.15, 0.2) is 0 Å². The van der Waals surface area contributed by atoms with Gasteiger partial charge in [0.1, 0.15) is 5.75 Å². The number of fused-ring (bicyclic) bond motifs is 1. The minimum atomic E-state index is 0.700. The Labute approximate surface area is 120 Å². The van der Waals surface area contributed by atoms with Gasteiger partial charge in [-0.1, -0.05) is 19.1 Å². The molecule has 0 fully saturated rings. The summed E-state index contributed by atoms with van der Waals surface area (Å²) < 4.78 is 5.98. The maximum atomic E-state index is 5.98. The molecule has 0 bridgehead atoms. The molecule has 0 atom stereocenters. The van der Waals surface area contributed by atoms with Crippen LogP contribution in [0.1, 0.15) is 30.0 Å². The lowest BCUT2D eigenvalue weighted by atomic mass is 10.1. The maximum absolute atomic E-state index is 5.98. The van der Waals surface area contributed by atoms with E-state index in [1.54, 1.807) is 6.20 Å². The molecule has 1 aromatic heterocycles. The normalized spacial score (nSPS) is 13.2. The van der Waals surface area contributed by atoms with Gasteiger partial charge in [-0.25, -0.2) is 4.98 Å². The topological polar surface area (TPSA) is 34.2 Å². The molecule has 0 saturated heterocycles. The van der Waals surface area contributed by atoms with Crippen LogP contribution in [-0.2, 0) is 19.4 Å². The van der Waals surface area contributed by atoms with E-state index < -0.39 is 0 Å². The summed E-state index contributed by atoms with van der Waals surface area (Å²) in [6.45, 7) is 3.81. The molecular formula is C17H20N2O. The molecule has 1 heterocycles. The van der Waals surface area contributed by atoms with Crippen molar-refractivity contribution in [2.45, 2.75) is 32.7 Å². The van der Waals surface area contributed by atoms with Crippen molar-refractivity contribution in [3.8, 4) is 11.6 Å². The van der Waals surface area contributed by atoms with Crippen molar-refractivity contribution in [2.75, 3.05) is 6.54 Å². The van der Waals surface area contributed by atoms with Gasteiger partial charge in [0.2, 0.25) is 5.88 Å². The summed E-state index contributed by atoms with van der Waals surface area (Å²) in [5, 5.41) is 3.31. The van der Waals surface area contributed by atoms with Gasteiger partial charge in [0.25, 0.3) is 0 Å². The predicted octanol–water partition coefficient (Wildman–Crippen LogP) is 3.47. The first-order valence-corrected chi connectivity index (χ1v) is 7.31. The summed E-state index contributed by atoms with van der Waals surface area (Å²) in [6, 6.07) is 10.4. The summed E-state index contributed by atoms with van der Waals surface area (Å²) >= 11 is 0. The van der Waals surface area contributed by atoms with E-state index >= 15 is 0 Å². The Bertz CT molecular complexity index is 595. The van der Waals surface area contributed by atoms with Crippen LogP contribution in [0.2, 0.25) is 0 Å². The number of aromatic nitrogens is 1. The maximum Gasteiger partial charge on any atom is 0.223 e. The predicted molar refractivity (Wildman–Crippen MR) is 80.2 cm³/mol. The SMILES string of the molecule is CCNCc1cccnc1Oc1ccc2c(c1)CCC2. The van der Waals surface area contributed by atoms with Crippen LogP contribution in [-0.4, -0.2) is 11.5 Å². The van der Waals surface area contributed by atoms with E-state index in [-0.39, 0.29) is 0 Å². The van der Waals surface area contributed by atoms with E-state index in [1.165, 1.54) is 30.4 Å². The molecule has 0 radical (unpaired) electrons. The molecule has 20 heavy (non-hydrogen) atoms. The van der Waals surface area contributed by atoms with Gasteiger partial charge < -0.3 is 10.1 Å². The van der Waals surface area contributed by atoms with Crippen LogP contribution >= 0.6 is 0 Å². The quantitative estimate of drug-likeness (QED) is 0.901. The Morgan fingerprint density at radius 3 is 3.00 bits per heavy atom. The van der Waals surface area contributed by atoms with Gasteiger partial charge in [-0.3, -0.25) is 0 Å². The van der Waals surface area contributed by atoms with Gasteiger partial charge in [-0.2, -0.15) is 0 Å². The lowest BCUT2D eigenvalue weighted by Gasteiger charge is -2.11. The van der Waals surface area contributed by atoms with E-state index in [4.69, 9.17) is 4.74 Å². The Hall–Kier alpha value is -1.87. The minimum Gasteiger partial charge on any atom is -0.439 e. The van der Waals surface area contributed by atoms with Crippen LogP contribution in [0, 0.1) is 0 Å². The number of benzene rings is 1. The third-order valence-corrected chi connectivity index (χ3v) is 3.70. The molecule has 2 aromatic rings. The summed E-state index contributed by atoms with van der Waals surface area (Å²) in [4.78, 5) is 4.36. The highest BCUT2D eigenvalue weighted by atomic mass is 16.5. The number of nitrogens with one attached hydrogen (secondary N) is 1. The van der Waals surface area contributed by atoms with E-state index in [2.05, 4.69) is 41.5 Å². The van der Waals surface area contributed by atoms with E-state index in [0.29, 0.717) is 5.88 Å². The summed E-state index contributed by atoms with van der Waals surface area (Å²) in [5.41, 5.74) is 3.98. The monoisotopic (exact) mass is 268 g/mol. The molecule has 1 N–H and O–H groups in total. The summed E-state index contributed by atoms with van der Waals surface area (Å²) in [6.07, 6.45) is 5.40. The third-order valence-electron chi connectivity index (χ3n) is 3.70. The molecule has 0 saturated carbocycles. The van der Waals surface area contributed by atoms with Gasteiger partial charge in [0.05, 0.1) is 0 Å². The number of rotatable bonds is 5. The van der Waals surface area contributed by atoms with Crippen molar-refractivity contribution in [3.63, 3.8) is 0 Å². The molecule has 3 heteroatoms. The largest absolute Gasteiger partial charge is 0.439 e. The fourth-order valence-electron chi connectivity index (χ4n) is 2.63. The van der Waals surface area contributed by atoms with Crippen LogP contribution in [0.3, 0.4) is 0 Å². The molecule has 1 aliphatic rings. The zero-order valence-electron chi connectivity index (χ0n) is 11.9. The first kappa shape index (κ1) is 13.1. The summed E-state index contributed by atoms with van der Waals surface area (Å²) in [5.74, 6) is 1.59. The highest BCUT2D eigenvalue weighted by molar-refractivity contribution is 5.40. The molecule has 0 aliphatic heterocycles. The van der Waals surface area contributed by atoms with Crippen LogP contribution in [0.25, 0.3) is 0 Å². The van der Waals surface area contributed by atoms with Gasteiger partial charge in [-0.05, 0) is 55.1 Å². The molecular weight excluding hydrogens is 248 g/mol. The van der Waals surface area contributed by atoms with Crippen molar-refractivity contribution in [1.29, 1.82) is 0 Å². The molecule has 0 spiro atoms.